The summed E-state index contributed by atoms with van der Waals surface area (Å²) in [5.74, 6) is -0.462. The maximum absolute atomic E-state index is 13.8. The van der Waals surface area contributed by atoms with E-state index in [2.05, 4.69) is 15.3 Å². The van der Waals surface area contributed by atoms with Crippen molar-refractivity contribution in [2.45, 2.75) is 52.1 Å². The van der Waals surface area contributed by atoms with E-state index in [0.29, 0.717) is 49.9 Å². The number of ether oxygens (including phenoxy) is 1. The molecule has 2 fully saturated rings. The lowest BCUT2D eigenvalue weighted by Crippen LogP contribution is -2.55. The SMILES string of the molecule is Cc1nn(C)c(C)c1-c1c(Cl)ccc2c(CCCOc3cccc4cc(F)ccc34)c(C(=O)O)n(CCN3CCC(N4CCNCC4=O)CC3)c12.Cl. The molecule has 0 bridgehead atoms. The number of hydrogen-bond acceptors (Lipinski definition) is 6. The van der Waals surface area contributed by atoms with Crippen molar-refractivity contribution in [1.82, 2.24) is 29.5 Å². The Morgan fingerprint density at radius 1 is 1.06 bits per heavy atom. The number of carbonyl (C=O) groups is 2. The van der Waals surface area contributed by atoms with E-state index in [-0.39, 0.29) is 35.9 Å². The van der Waals surface area contributed by atoms with E-state index in [9.17, 15) is 19.1 Å². The van der Waals surface area contributed by atoms with Crippen molar-refractivity contribution in [2.24, 2.45) is 7.05 Å². The third kappa shape index (κ3) is 7.24. The minimum absolute atomic E-state index is 0. The van der Waals surface area contributed by atoms with E-state index in [4.69, 9.17) is 16.3 Å². The topological polar surface area (TPSA) is 105 Å². The van der Waals surface area contributed by atoms with Crippen molar-refractivity contribution in [3.8, 4) is 16.9 Å². The molecule has 10 nitrogen and oxygen atoms in total. The monoisotopic (exact) mass is 750 g/mol. The van der Waals surface area contributed by atoms with Crippen molar-refractivity contribution in [2.75, 3.05) is 45.9 Å². The highest BCUT2D eigenvalue weighted by Crippen LogP contribution is 2.42. The summed E-state index contributed by atoms with van der Waals surface area (Å²) in [6.07, 6.45) is 2.83. The Morgan fingerprint density at radius 3 is 2.54 bits per heavy atom. The van der Waals surface area contributed by atoms with Crippen LogP contribution in [0.2, 0.25) is 5.02 Å². The molecule has 0 aliphatic carbocycles. The average Bonchev–Trinajstić information content (AvgIpc) is 3.57. The van der Waals surface area contributed by atoms with Crippen LogP contribution >= 0.6 is 24.0 Å². The number of piperidine rings is 1. The zero-order chi connectivity index (χ0) is 35.8. The lowest BCUT2D eigenvalue weighted by Gasteiger charge is -2.40. The van der Waals surface area contributed by atoms with Gasteiger partial charge in [-0.1, -0.05) is 29.8 Å². The minimum atomic E-state index is -0.990. The molecule has 0 radical (unpaired) electrons. The van der Waals surface area contributed by atoms with Crippen LogP contribution in [-0.4, -0.2) is 93.0 Å². The van der Waals surface area contributed by atoms with Gasteiger partial charge in [-0.05, 0) is 80.8 Å². The van der Waals surface area contributed by atoms with Crippen molar-refractivity contribution in [3.05, 3.63) is 82.0 Å². The maximum atomic E-state index is 13.8. The van der Waals surface area contributed by atoms with Crippen molar-refractivity contribution < 1.29 is 23.8 Å². The van der Waals surface area contributed by atoms with Crippen LogP contribution in [-0.2, 0) is 24.8 Å². The number of benzene rings is 3. The number of carboxylic acids is 1. The molecule has 0 unspecified atom stereocenters. The van der Waals surface area contributed by atoms with Crippen LogP contribution in [0, 0.1) is 19.7 Å². The van der Waals surface area contributed by atoms with E-state index in [1.165, 1.54) is 12.1 Å². The van der Waals surface area contributed by atoms with Gasteiger partial charge in [-0.25, -0.2) is 9.18 Å². The number of amides is 1. The van der Waals surface area contributed by atoms with Gasteiger partial charge in [0.15, 0.2) is 0 Å². The Bertz CT molecular complexity index is 2120. The highest BCUT2D eigenvalue weighted by Gasteiger charge is 2.31. The Balaban J connectivity index is 0.00000464. The number of nitrogens with one attached hydrogen (secondary N) is 1. The number of hydrogen-bond donors (Lipinski definition) is 2. The number of aryl methyl sites for hydroxylation is 3. The summed E-state index contributed by atoms with van der Waals surface area (Å²) in [6, 6.07) is 14.2. The molecule has 5 aromatic rings. The Labute approximate surface area is 313 Å². The van der Waals surface area contributed by atoms with Gasteiger partial charge in [-0.2, -0.15) is 5.10 Å². The van der Waals surface area contributed by atoms with Crippen molar-refractivity contribution in [1.29, 1.82) is 0 Å². The van der Waals surface area contributed by atoms with E-state index >= 15 is 0 Å². The molecule has 1 amide bonds. The normalized spacial score (nSPS) is 15.8. The third-order valence-electron chi connectivity index (χ3n) is 10.6. The number of rotatable bonds is 11. The number of nitrogens with zero attached hydrogens (tertiary/aromatic N) is 5. The molecular formula is C39H45Cl2FN6O4. The van der Waals surface area contributed by atoms with Crippen LogP contribution in [0.1, 0.15) is 46.7 Å². The van der Waals surface area contributed by atoms with Crippen LogP contribution < -0.4 is 10.1 Å². The highest BCUT2D eigenvalue weighted by atomic mass is 35.5. The largest absolute Gasteiger partial charge is 0.493 e. The fourth-order valence-electron chi connectivity index (χ4n) is 8.07. The zero-order valence-corrected chi connectivity index (χ0v) is 31.3. The fraction of sp³-hybridized carbons (Fsp3) is 0.410. The zero-order valence-electron chi connectivity index (χ0n) is 29.8. The maximum Gasteiger partial charge on any atom is 0.352 e. The van der Waals surface area contributed by atoms with Crippen LogP contribution in [0.15, 0.2) is 48.5 Å². The number of halogens is 3. The molecule has 3 aromatic carbocycles. The molecule has 276 valence electrons. The number of aromatic nitrogens is 3. The second-order valence-corrected chi connectivity index (χ2v) is 14.1. The molecule has 2 aromatic heterocycles. The number of likely N-dealkylation sites (tertiary alicyclic amines) is 1. The molecule has 2 aliphatic rings. The van der Waals surface area contributed by atoms with E-state index in [1.54, 1.807) is 6.07 Å². The third-order valence-corrected chi connectivity index (χ3v) is 10.9. The Kier molecular flexibility index (Phi) is 11.4. The second kappa shape index (κ2) is 15.8. The molecule has 0 spiro atoms. The molecule has 4 heterocycles. The van der Waals surface area contributed by atoms with Crippen molar-refractivity contribution >= 4 is 57.6 Å². The second-order valence-electron chi connectivity index (χ2n) is 13.7. The molecule has 2 saturated heterocycles. The van der Waals surface area contributed by atoms with Gasteiger partial charge in [0, 0.05) is 80.0 Å². The van der Waals surface area contributed by atoms with Crippen molar-refractivity contribution in [3.63, 3.8) is 0 Å². The summed E-state index contributed by atoms with van der Waals surface area (Å²) in [4.78, 5) is 30.1. The number of carboxylic acid groups (broad SMARTS) is 1. The summed E-state index contributed by atoms with van der Waals surface area (Å²) in [7, 11) is 1.90. The molecule has 2 aliphatic heterocycles. The van der Waals surface area contributed by atoms with E-state index in [0.717, 1.165) is 88.8 Å². The number of fused-ring (bicyclic) bond motifs is 2. The van der Waals surface area contributed by atoms with Gasteiger partial charge in [-0.3, -0.25) is 9.48 Å². The van der Waals surface area contributed by atoms with Gasteiger partial charge >= 0.3 is 5.97 Å². The summed E-state index contributed by atoms with van der Waals surface area (Å²) in [5.41, 5.74) is 5.27. The highest BCUT2D eigenvalue weighted by molar-refractivity contribution is 6.35. The summed E-state index contributed by atoms with van der Waals surface area (Å²) in [6.45, 7) is 9.08. The van der Waals surface area contributed by atoms with Gasteiger partial charge in [0.2, 0.25) is 5.91 Å². The van der Waals surface area contributed by atoms with E-state index < -0.39 is 5.97 Å². The van der Waals surface area contributed by atoms with Gasteiger partial charge < -0.3 is 29.5 Å². The molecule has 7 rings (SSSR count). The van der Waals surface area contributed by atoms with Gasteiger partial charge in [0.25, 0.3) is 0 Å². The Hall–Kier alpha value is -4.16. The molecule has 13 heteroatoms. The van der Waals surface area contributed by atoms with Crippen LogP contribution in [0.25, 0.3) is 32.8 Å². The first kappa shape index (κ1) is 37.6. The molecule has 52 heavy (non-hydrogen) atoms. The summed E-state index contributed by atoms with van der Waals surface area (Å²) < 4.78 is 23.8. The van der Waals surface area contributed by atoms with Crippen LogP contribution in [0.3, 0.4) is 0 Å². The molecule has 0 saturated carbocycles. The first-order chi connectivity index (χ1) is 24.6. The predicted octanol–water partition coefficient (Wildman–Crippen LogP) is 6.63. The summed E-state index contributed by atoms with van der Waals surface area (Å²) in [5, 5.41) is 21.6. The summed E-state index contributed by atoms with van der Waals surface area (Å²) >= 11 is 7.02. The van der Waals surface area contributed by atoms with Crippen LogP contribution in [0.5, 0.6) is 5.75 Å². The average molecular weight is 752 g/mol. The van der Waals surface area contributed by atoms with E-state index in [1.807, 2.05) is 65.4 Å². The van der Waals surface area contributed by atoms with Gasteiger partial charge in [0.05, 0.1) is 29.4 Å². The first-order valence-electron chi connectivity index (χ1n) is 17.7. The smallest absolute Gasteiger partial charge is 0.352 e. The number of carbonyl (C=O) groups excluding carboxylic acids is 1. The van der Waals surface area contributed by atoms with Crippen LogP contribution in [0.4, 0.5) is 4.39 Å². The first-order valence-corrected chi connectivity index (χ1v) is 18.1. The number of piperazine rings is 1. The fourth-order valence-corrected chi connectivity index (χ4v) is 8.32. The van der Waals surface area contributed by atoms with Gasteiger partial charge in [-0.15, -0.1) is 12.4 Å². The van der Waals surface area contributed by atoms with Gasteiger partial charge in [0.1, 0.15) is 17.3 Å². The Morgan fingerprint density at radius 2 is 1.83 bits per heavy atom. The molecule has 0 atom stereocenters. The minimum Gasteiger partial charge on any atom is -0.493 e. The standard InChI is InChI=1S/C39H44ClFN6O4.ClH/c1-24-35(25(2)44(3)43-24)36-32(40)12-11-31-30(7-5-21-51-33-8-4-6-26-22-27(41)9-10-29(26)33)38(39(49)50)47(37(31)36)20-19-45-16-13-28(14-17-45)46-18-15-42-23-34(46)48;/h4,6,8-12,22,28,42H,5,7,13-21,23H2,1-3H3,(H,49,50);1H. The quantitative estimate of drug-likeness (QED) is 0.146. The molecular weight excluding hydrogens is 706 g/mol. The lowest BCUT2D eigenvalue weighted by atomic mass is 9.98. The number of aromatic carboxylic acids is 1. The lowest BCUT2D eigenvalue weighted by molar-refractivity contribution is -0.135. The molecule has 2 N–H and O–H groups in total. The predicted molar refractivity (Wildman–Crippen MR) is 205 cm³/mol.